The van der Waals surface area contributed by atoms with Gasteiger partial charge in [-0.1, -0.05) is 29.3 Å². The van der Waals surface area contributed by atoms with E-state index in [1.54, 1.807) is 18.2 Å². The zero-order chi connectivity index (χ0) is 13.1. The molecule has 0 aliphatic heterocycles. The first-order chi connectivity index (χ1) is 8.56. The molecule has 0 bridgehead atoms. The molecule has 1 aliphatic rings. The summed E-state index contributed by atoms with van der Waals surface area (Å²) in [5.74, 6) is 0.528. The molecule has 1 amide bonds. The molecular weight excluding hydrogens is 307 g/mol. The Hall–Kier alpha value is -0.480. The molecule has 1 aliphatic carbocycles. The molecule has 3 nitrogen and oxygen atoms in total. The average Bonchev–Trinajstić information content (AvgIpc) is 3.14. The van der Waals surface area contributed by atoms with E-state index in [-0.39, 0.29) is 30.8 Å². The van der Waals surface area contributed by atoms with E-state index in [1.165, 1.54) is 12.8 Å². The minimum Gasteiger partial charge on any atom is -0.354 e. The molecule has 6 heteroatoms. The Bertz CT molecular complexity index is 450. The number of hydrogen-bond donors (Lipinski definition) is 2. The summed E-state index contributed by atoms with van der Waals surface area (Å²) >= 11 is 11.8. The fourth-order valence-electron chi connectivity index (χ4n) is 1.82. The van der Waals surface area contributed by atoms with Crippen LogP contribution in [0.2, 0.25) is 10.0 Å². The Morgan fingerprint density at radius 1 is 1.42 bits per heavy atom. The van der Waals surface area contributed by atoms with Crippen LogP contribution in [0.3, 0.4) is 0 Å². The normalized spacial score (nSPS) is 15.5. The van der Waals surface area contributed by atoms with E-state index in [4.69, 9.17) is 28.9 Å². The number of carbonyl (C=O) groups is 1. The van der Waals surface area contributed by atoms with E-state index in [0.717, 1.165) is 5.56 Å². The van der Waals surface area contributed by atoms with Gasteiger partial charge in [0.05, 0.1) is 6.42 Å². The molecule has 0 spiro atoms. The topological polar surface area (TPSA) is 55.1 Å². The van der Waals surface area contributed by atoms with Gasteiger partial charge in [-0.05, 0) is 36.5 Å². The van der Waals surface area contributed by atoms with Gasteiger partial charge in [0.1, 0.15) is 0 Å². The second kappa shape index (κ2) is 7.34. The van der Waals surface area contributed by atoms with Gasteiger partial charge in [-0.3, -0.25) is 4.79 Å². The molecule has 19 heavy (non-hydrogen) atoms. The highest BCUT2D eigenvalue weighted by molar-refractivity contribution is 6.35. The van der Waals surface area contributed by atoms with Crippen molar-refractivity contribution in [1.82, 2.24) is 5.32 Å². The van der Waals surface area contributed by atoms with Crippen LogP contribution in [0.1, 0.15) is 18.4 Å². The lowest BCUT2D eigenvalue weighted by Crippen LogP contribution is -2.39. The van der Waals surface area contributed by atoms with Crippen molar-refractivity contribution >= 4 is 41.5 Å². The second-order valence-electron chi connectivity index (χ2n) is 4.72. The molecule has 0 heterocycles. The van der Waals surface area contributed by atoms with E-state index in [9.17, 15) is 4.79 Å². The molecule has 0 saturated heterocycles. The summed E-state index contributed by atoms with van der Waals surface area (Å²) in [5.41, 5.74) is 6.69. The maximum Gasteiger partial charge on any atom is 0.224 e. The van der Waals surface area contributed by atoms with Crippen molar-refractivity contribution in [3.8, 4) is 0 Å². The first kappa shape index (κ1) is 16.6. The van der Waals surface area contributed by atoms with E-state index >= 15 is 0 Å². The van der Waals surface area contributed by atoms with Crippen LogP contribution in [0.15, 0.2) is 18.2 Å². The van der Waals surface area contributed by atoms with E-state index < -0.39 is 0 Å². The van der Waals surface area contributed by atoms with Gasteiger partial charge in [-0.15, -0.1) is 12.4 Å². The second-order valence-corrected chi connectivity index (χ2v) is 5.56. The van der Waals surface area contributed by atoms with Crippen LogP contribution >= 0.6 is 35.6 Å². The highest BCUT2D eigenvalue weighted by atomic mass is 35.5. The number of nitrogens with two attached hydrogens (primary N) is 1. The maximum absolute atomic E-state index is 11.7. The number of amides is 1. The minimum atomic E-state index is -0.0599. The molecule has 1 atom stereocenters. The Balaban J connectivity index is 0.00000180. The van der Waals surface area contributed by atoms with Gasteiger partial charge in [0, 0.05) is 22.6 Å². The average molecular weight is 324 g/mol. The third kappa shape index (κ3) is 5.19. The third-order valence-corrected chi connectivity index (χ3v) is 3.72. The van der Waals surface area contributed by atoms with Crippen molar-refractivity contribution in [3.05, 3.63) is 33.8 Å². The standard InChI is InChI=1S/C13H16Cl2N2O.ClH/c14-10-4-3-9(11(15)6-10)5-13(18)17-7-12(16)8-1-2-8;/h3-4,6,8,12H,1-2,5,7,16H2,(H,17,18);1H. The summed E-state index contributed by atoms with van der Waals surface area (Å²) in [4.78, 5) is 11.7. The summed E-state index contributed by atoms with van der Waals surface area (Å²) in [6.07, 6.45) is 2.62. The third-order valence-electron chi connectivity index (χ3n) is 3.13. The number of benzene rings is 1. The molecule has 1 saturated carbocycles. The van der Waals surface area contributed by atoms with Crippen LogP contribution in [0.5, 0.6) is 0 Å². The van der Waals surface area contributed by atoms with Gasteiger partial charge in [-0.2, -0.15) is 0 Å². The Morgan fingerprint density at radius 2 is 2.11 bits per heavy atom. The SMILES string of the molecule is Cl.NC(CNC(=O)Cc1ccc(Cl)cc1Cl)C1CC1. The lowest BCUT2D eigenvalue weighted by atomic mass is 10.1. The van der Waals surface area contributed by atoms with Crippen molar-refractivity contribution in [2.45, 2.75) is 25.3 Å². The molecule has 1 fully saturated rings. The van der Waals surface area contributed by atoms with E-state index in [0.29, 0.717) is 22.5 Å². The zero-order valence-electron chi connectivity index (χ0n) is 10.4. The Kier molecular flexibility index (Phi) is 6.40. The summed E-state index contributed by atoms with van der Waals surface area (Å²) in [7, 11) is 0. The quantitative estimate of drug-likeness (QED) is 0.875. The predicted molar refractivity (Wildman–Crippen MR) is 81.1 cm³/mol. The van der Waals surface area contributed by atoms with Crippen LogP contribution in [0.4, 0.5) is 0 Å². The van der Waals surface area contributed by atoms with E-state index in [2.05, 4.69) is 5.32 Å². The molecule has 1 aromatic rings. The number of rotatable bonds is 5. The number of nitrogens with one attached hydrogen (secondary N) is 1. The summed E-state index contributed by atoms with van der Waals surface area (Å²) < 4.78 is 0. The van der Waals surface area contributed by atoms with Crippen LogP contribution in [0, 0.1) is 5.92 Å². The highest BCUT2D eigenvalue weighted by Gasteiger charge is 2.28. The highest BCUT2D eigenvalue weighted by Crippen LogP contribution is 2.31. The van der Waals surface area contributed by atoms with Gasteiger partial charge >= 0.3 is 0 Å². The largest absolute Gasteiger partial charge is 0.354 e. The lowest BCUT2D eigenvalue weighted by Gasteiger charge is -2.12. The molecule has 2 rings (SSSR count). The van der Waals surface area contributed by atoms with Crippen LogP contribution in [-0.4, -0.2) is 18.5 Å². The van der Waals surface area contributed by atoms with Crippen molar-refractivity contribution in [2.24, 2.45) is 11.7 Å². The number of hydrogen-bond acceptors (Lipinski definition) is 2. The monoisotopic (exact) mass is 322 g/mol. The number of carbonyl (C=O) groups excluding carboxylic acids is 1. The molecule has 1 aromatic carbocycles. The lowest BCUT2D eigenvalue weighted by molar-refractivity contribution is -0.120. The van der Waals surface area contributed by atoms with Gasteiger partial charge in [0.25, 0.3) is 0 Å². The Labute approximate surface area is 129 Å². The molecule has 0 radical (unpaired) electrons. The summed E-state index contributed by atoms with van der Waals surface area (Å²) in [6.45, 7) is 0.536. The maximum atomic E-state index is 11.7. The van der Waals surface area contributed by atoms with Gasteiger partial charge < -0.3 is 11.1 Å². The summed E-state index contributed by atoms with van der Waals surface area (Å²) in [6, 6.07) is 5.22. The Morgan fingerprint density at radius 3 is 2.68 bits per heavy atom. The van der Waals surface area contributed by atoms with Crippen LogP contribution in [0.25, 0.3) is 0 Å². The van der Waals surface area contributed by atoms with Crippen LogP contribution < -0.4 is 11.1 Å². The van der Waals surface area contributed by atoms with Crippen LogP contribution in [-0.2, 0) is 11.2 Å². The molecule has 0 aromatic heterocycles. The van der Waals surface area contributed by atoms with Gasteiger partial charge in [0.15, 0.2) is 0 Å². The van der Waals surface area contributed by atoms with Crippen molar-refractivity contribution in [2.75, 3.05) is 6.54 Å². The zero-order valence-corrected chi connectivity index (χ0v) is 12.7. The summed E-state index contributed by atoms with van der Waals surface area (Å²) in [5, 5.41) is 3.93. The van der Waals surface area contributed by atoms with Gasteiger partial charge in [0.2, 0.25) is 5.91 Å². The van der Waals surface area contributed by atoms with E-state index in [1.807, 2.05) is 0 Å². The van der Waals surface area contributed by atoms with Crippen molar-refractivity contribution < 1.29 is 4.79 Å². The smallest absolute Gasteiger partial charge is 0.224 e. The van der Waals surface area contributed by atoms with Crippen molar-refractivity contribution in [1.29, 1.82) is 0 Å². The van der Waals surface area contributed by atoms with Crippen molar-refractivity contribution in [3.63, 3.8) is 0 Å². The predicted octanol–water partition coefficient (Wildman–Crippen LogP) is 2.81. The molecule has 1 unspecified atom stereocenters. The molecule has 3 N–H and O–H groups in total. The first-order valence-corrected chi connectivity index (χ1v) is 6.78. The fourth-order valence-corrected chi connectivity index (χ4v) is 2.30. The van der Waals surface area contributed by atoms with Gasteiger partial charge in [-0.25, -0.2) is 0 Å². The molecular formula is C13H17Cl3N2O. The minimum absolute atomic E-state index is 0. The number of halogens is 3. The molecule has 106 valence electrons. The first-order valence-electron chi connectivity index (χ1n) is 6.02. The fraction of sp³-hybridized carbons (Fsp3) is 0.462.